The molecule has 0 aliphatic heterocycles. The molecule has 0 fully saturated rings. The number of nitrogens with zero attached hydrogens (tertiary/aromatic N) is 2. The number of anilines is 2. The third-order valence-corrected chi connectivity index (χ3v) is 2.66. The summed E-state index contributed by atoms with van der Waals surface area (Å²) in [5, 5.41) is 6.37. The maximum atomic E-state index is 4.45. The molecule has 94 valence electrons. The number of aryl methyl sites for hydroxylation is 1. The van der Waals surface area contributed by atoms with E-state index in [1.54, 1.807) is 0 Å². The minimum Gasteiger partial charge on any atom is -0.373 e. The van der Waals surface area contributed by atoms with Crippen LogP contribution in [0.15, 0.2) is 36.4 Å². The molecule has 2 N–H and O–H groups in total. The molecule has 0 aliphatic rings. The molecule has 2 aromatic rings. The summed E-state index contributed by atoms with van der Waals surface area (Å²) in [7, 11) is 1.86. The SMILES string of the molecule is CCc1nc(NC)cc(NCc2ccccc2)n1. The molecule has 0 unspecified atom stereocenters. The minimum absolute atomic E-state index is 0.768. The smallest absolute Gasteiger partial charge is 0.132 e. The van der Waals surface area contributed by atoms with E-state index in [4.69, 9.17) is 0 Å². The zero-order chi connectivity index (χ0) is 12.8. The fraction of sp³-hybridized carbons (Fsp3) is 0.286. The summed E-state index contributed by atoms with van der Waals surface area (Å²) in [5.74, 6) is 2.55. The molecule has 1 aromatic carbocycles. The largest absolute Gasteiger partial charge is 0.373 e. The van der Waals surface area contributed by atoms with Gasteiger partial charge in [0, 0.05) is 26.1 Å². The van der Waals surface area contributed by atoms with Crippen molar-refractivity contribution in [1.29, 1.82) is 0 Å². The number of aromatic nitrogens is 2. The van der Waals surface area contributed by atoms with Gasteiger partial charge >= 0.3 is 0 Å². The van der Waals surface area contributed by atoms with Gasteiger partial charge in [-0.05, 0) is 5.56 Å². The molecule has 4 heteroatoms. The molecule has 0 radical (unpaired) electrons. The van der Waals surface area contributed by atoms with Crippen LogP contribution in [0.3, 0.4) is 0 Å². The fourth-order valence-electron chi connectivity index (χ4n) is 1.66. The zero-order valence-corrected chi connectivity index (χ0v) is 10.8. The van der Waals surface area contributed by atoms with Crippen molar-refractivity contribution in [3.8, 4) is 0 Å². The molecule has 0 bridgehead atoms. The summed E-state index contributed by atoms with van der Waals surface area (Å²) in [4.78, 5) is 8.82. The maximum Gasteiger partial charge on any atom is 0.132 e. The molecule has 18 heavy (non-hydrogen) atoms. The Morgan fingerprint density at radius 2 is 1.78 bits per heavy atom. The van der Waals surface area contributed by atoms with Crippen molar-refractivity contribution in [3.05, 3.63) is 47.8 Å². The molecule has 2 rings (SSSR count). The van der Waals surface area contributed by atoms with Crippen molar-refractivity contribution in [1.82, 2.24) is 9.97 Å². The summed E-state index contributed by atoms with van der Waals surface area (Å²) < 4.78 is 0. The summed E-state index contributed by atoms with van der Waals surface area (Å²) >= 11 is 0. The van der Waals surface area contributed by atoms with Gasteiger partial charge in [-0.1, -0.05) is 37.3 Å². The van der Waals surface area contributed by atoms with Crippen LogP contribution in [0.4, 0.5) is 11.6 Å². The van der Waals surface area contributed by atoms with Crippen LogP contribution in [0.25, 0.3) is 0 Å². The quantitative estimate of drug-likeness (QED) is 0.846. The molecule has 0 spiro atoms. The van der Waals surface area contributed by atoms with Gasteiger partial charge in [0.2, 0.25) is 0 Å². The minimum atomic E-state index is 0.768. The number of nitrogens with one attached hydrogen (secondary N) is 2. The van der Waals surface area contributed by atoms with E-state index in [0.29, 0.717) is 0 Å². The van der Waals surface area contributed by atoms with Crippen LogP contribution < -0.4 is 10.6 Å². The fourth-order valence-corrected chi connectivity index (χ4v) is 1.66. The lowest BCUT2D eigenvalue weighted by Gasteiger charge is -2.09. The molecule has 4 nitrogen and oxygen atoms in total. The average molecular weight is 242 g/mol. The van der Waals surface area contributed by atoms with Gasteiger partial charge in [0.25, 0.3) is 0 Å². The third kappa shape index (κ3) is 3.20. The van der Waals surface area contributed by atoms with Gasteiger partial charge in [0.1, 0.15) is 17.5 Å². The highest BCUT2D eigenvalue weighted by molar-refractivity contribution is 5.47. The first-order valence-electron chi connectivity index (χ1n) is 6.15. The van der Waals surface area contributed by atoms with Crippen LogP contribution in [0.5, 0.6) is 0 Å². The first-order valence-corrected chi connectivity index (χ1v) is 6.15. The zero-order valence-electron chi connectivity index (χ0n) is 10.8. The van der Waals surface area contributed by atoms with Crippen LogP contribution in [-0.2, 0) is 13.0 Å². The van der Waals surface area contributed by atoms with Gasteiger partial charge in [-0.2, -0.15) is 0 Å². The molecule has 1 aromatic heterocycles. The van der Waals surface area contributed by atoms with E-state index >= 15 is 0 Å². The van der Waals surface area contributed by atoms with Crippen molar-refractivity contribution in [2.45, 2.75) is 19.9 Å². The van der Waals surface area contributed by atoms with Crippen LogP contribution in [0.2, 0.25) is 0 Å². The molecule has 1 heterocycles. The highest BCUT2D eigenvalue weighted by atomic mass is 15.1. The first-order chi connectivity index (χ1) is 8.81. The summed E-state index contributed by atoms with van der Waals surface area (Å²) in [6, 6.07) is 12.2. The van der Waals surface area contributed by atoms with Crippen molar-refractivity contribution in [2.75, 3.05) is 17.7 Å². The predicted molar refractivity (Wildman–Crippen MR) is 74.7 cm³/mol. The molecule has 0 aliphatic carbocycles. The van der Waals surface area contributed by atoms with Gasteiger partial charge in [0.05, 0.1) is 0 Å². The van der Waals surface area contributed by atoms with Crippen LogP contribution in [0, 0.1) is 0 Å². The van der Waals surface area contributed by atoms with E-state index in [2.05, 4.69) is 39.7 Å². The van der Waals surface area contributed by atoms with Gasteiger partial charge in [-0.25, -0.2) is 9.97 Å². The monoisotopic (exact) mass is 242 g/mol. The topological polar surface area (TPSA) is 49.8 Å². The van der Waals surface area contributed by atoms with Crippen molar-refractivity contribution >= 4 is 11.6 Å². The Hall–Kier alpha value is -2.10. The van der Waals surface area contributed by atoms with Gasteiger partial charge in [-0.3, -0.25) is 0 Å². The molecule has 0 amide bonds. The summed E-state index contributed by atoms with van der Waals surface area (Å²) in [6.45, 7) is 2.82. The number of rotatable bonds is 5. The van der Waals surface area contributed by atoms with E-state index in [0.717, 1.165) is 30.4 Å². The average Bonchev–Trinajstić information content (AvgIpc) is 2.45. The van der Waals surface area contributed by atoms with E-state index < -0.39 is 0 Å². The van der Waals surface area contributed by atoms with Crippen LogP contribution >= 0.6 is 0 Å². The highest BCUT2D eigenvalue weighted by Gasteiger charge is 2.02. The van der Waals surface area contributed by atoms with E-state index in [9.17, 15) is 0 Å². The first kappa shape index (κ1) is 12.4. The standard InChI is InChI=1S/C14H18N4/c1-3-12-17-13(15-2)9-14(18-12)16-10-11-7-5-4-6-8-11/h4-9H,3,10H2,1-2H3,(H2,15,16,17,18). The van der Waals surface area contributed by atoms with Gasteiger partial charge in [0.15, 0.2) is 0 Å². The highest BCUT2D eigenvalue weighted by Crippen LogP contribution is 2.12. The third-order valence-electron chi connectivity index (χ3n) is 2.66. The van der Waals surface area contributed by atoms with Crippen molar-refractivity contribution in [3.63, 3.8) is 0 Å². The second-order valence-corrected chi connectivity index (χ2v) is 4.00. The Kier molecular flexibility index (Phi) is 4.12. The van der Waals surface area contributed by atoms with E-state index in [1.807, 2.05) is 31.3 Å². The van der Waals surface area contributed by atoms with Crippen LogP contribution in [0.1, 0.15) is 18.3 Å². The molecule has 0 atom stereocenters. The Bertz CT molecular complexity index is 474. The van der Waals surface area contributed by atoms with Crippen LogP contribution in [-0.4, -0.2) is 17.0 Å². The van der Waals surface area contributed by atoms with Crippen molar-refractivity contribution < 1.29 is 0 Å². The number of hydrogen-bond donors (Lipinski definition) is 2. The van der Waals surface area contributed by atoms with E-state index in [1.165, 1.54) is 5.56 Å². The lowest BCUT2D eigenvalue weighted by molar-refractivity contribution is 0.934. The van der Waals surface area contributed by atoms with Crippen molar-refractivity contribution in [2.24, 2.45) is 0 Å². The Morgan fingerprint density at radius 1 is 1.06 bits per heavy atom. The van der Waals surface area contributed by atoms with Gasteiger partial charge in [-0.15, -0.1) is 0 Å². The number of hydrogen-bond acceptors (Lipinski definition) is 4. The lowest BCUT2D eigenvalue weighted by atomic mass is 10.2. The Morgan fingerprint density at radius 3 is 2.44 bits per heavy atom. The second kappa shape index (κ2) is 6.00. The van der Waals surface area contributed by atoms with E-state index in [-0.39, 0.29) is 0 Å². The Balaban J connectivity index is 2.09. The molecule has 0 saturated carbocycles. The lowest BCUT2D eigenvalue weighted by Crippen LogP contribution is -2.06. The summed E-state index contributed by atoms with van der Waals surface area (Å²) in [6.07, 6.45) is 0.829. The number of benzene rings is 1. The predicted octanol–water partition coefficient (Wildman–Crippen LogP) is 2.69. The molecular weight excluding hydrogens is 224 g/mol. The second-order valence-electron chi connectivity index (χ2n) is 4.00. The normalized spacial score (nSPS) is 10.1. The Labute approximate surface area is 107 Å². The van der Waals surface area contributed by atoms with Gasteiger partial charge < -0.3 is 10.6 Å². The summed E-state index contributed by atoms with van der Waals surface area (Å²) in [5.41, 5.74) is 1.24. The molecule has 0 saturated heterocycles. The maximum absolute atomic E-state index is 4.45. The molecular formula is C14H18N4.